The number of carbonyl (C=O) groups is 2. The van der Waals surface area contributed by atoms with Crippen molar-refractivity contribution in [3.8, 4) is 11.8 Å². The van der Waals surface area contributed by atoms with E-state index in [-0.39, 0.29) is 42.3 Å². The average Bonchev–Trinajstić information content (AvgIpc) is 2.69. The van der Waals surface area contributed by atoms with E-state index < -0.39 is 18.7 Å². The Hall–Kier alpha value is -3.44. The van der Waals surface area contributed by atoms with Crippen molar-refractivity contribution in [1.29, 1.82) is 0 Å². The molecule has 0 aromatic carbocycles. The first-order chi connectivity index (χ1) is 14.0. The van der Waals surface area contributed by atoms with Crippen LogP contribution in [-0.4, -0.2) is 46.7 Å². The lowest BCUT2D eigenvalue weighted by Crippen LogP contribution is -2.32. The summed E-state index contributed by atoms with van der Waals surface area (Å²) in [5, 5.41) is 0. The highest BCUT2D eigenvalue weighted by Crippen LogP contribution is 2.25. The maximum absolute atomic E-state index is 12.5. The summed E-state index contributed by atoms with van der Waals surface area (Å²) in [6.07, 6.45) is -4.41. The van der Waals surface area contributed by atoms with Crippen molar-refractivity contribution in [2.45, 2.75) is 33.0 Å². The molecule has 0 aliphatic heterocycles. The quantitative estimate of drug-likeness (QED) is 0.685. The number of rotatable bonds is 8. The number of aryl methyl sites for hydroxylation is 1. The lowest BCUT2D eigenvalue weighted by atomic mass is 10.2. The van der Waals surface area contributed by atoms with Crippen molar-refractivity contribution < 1.29 is 32.2 Å². The van der Waals surface area contributed by atoms with E-state index in [1.807, 2.05) is 0 Å². The normalized spacial score (nSPS) is 11.1. The summed E-state index contributed by atoms with van der Waals surface area (Å²) in [4.78, 5) is 37.3. The number of alkyl halides is 3. The van der Waals surface area contributed by atoms with Crippen LogP contribution in [0.4, 0.5) is 19.1 Å². The Labute approximate surface area is 170 Å². The van der Waals surface area contributed by atoms with Gasteiger partial charge in [0.1, 0.15) is 5.69 Å². The van der Waals surface area contributed by atoms with E-state index in [1.165, 1.54) is 30.2 Å². The number of pyridine rings is 1. The number of nitrogens with two attached hydrogens (primary N) is 1. The first-order valence-electron chi connectivity index (χ1n) is 8.73. The molecule has 0 unspecified atom stereocenters. The zero-order valence-electron chi connectivity index (χ0n) is 16.5. The molecule has 0 radical (unpaired) electrons. The fourth-order valence-electron chi connectivity index (χ4n) is 2.42. The van der Waals surface area contributed by atoms with E-state index in [9.17, 15) is 22.8 Å². The van der Waals surface area contributed by atoms with Gasteiger partial charge in [0.05, 0.1) is 13.7 Å². The molecule has 0 spiro atoms. The Morgan fingerprint density at radius 2 is 1.90 bits per heavy atom. The molecule has 0 saturated carbocycles. The second kappa shape index (κ2) is 9.37. The number of ether oxygens (including phenoxy) is 2. The minimum atomic E-state index is -4.52. The second-order valence-corrected chi connectivity index (χ2v) is 6.11. The lowest BCUT2D eigenvalue weighted by molar-refractivity contribution is -0.154. The standard InChI is InChI=1S/C18H20F3N5O4/c1-4-14(27)26(17-23-10(2)7-12(24-17)15(22)28)8-11-5-6-13(25-16(11)29-3)30-9-18(19,20)21/h5-7H,4,8-9H2,1-3H3,(H2,22,28). The van der Waals surface area contributed by atoms with E-state index in [4.69, 9.17) is 10.5 Å². The average molecular weight is 427 g/mol. The molecule has 30 heavy (non-hydrogen) atoms. The van der Waals surface area contributed by atoms with Crippen molar-refractivity contribution in [3.63, 3.8) is 0 Å². The zero-order valence-corrected chi connectivity index (χ0v) is 16.5. The summed E-state index contributed by atoms with van der Waals surface area (Å²) in [6.45, 7) is 1.63. The topological polar surface area (TPSA) is 121 Å². The van der Waals surface area contributed by atoms with Crippen LogP contribution in [0.5, 0.6) is 11.8 Å². The molecule has 2 N–H and O–H groups in total. The Morgan fingerprint density at radius 1 is 1.20 bits per heavy atom. The van der Waals surface area contributed by atoms with Crippen LogP contribution in [0.1, 0.15) is 35.1 Å². The van der Waals surface area contributed by atoms with Crippen molar-refractivity contribution >= 4 is 17.8 Å². The molecule has 12 heteroatoms. The van der Waals surface area contributed by atoms with E-state index in [0.29, 0.717) is 11.3 Å². The molecular formula is C18H20F3N5O4. The summed E-state index contributed by atoms with van der Waals surface area (Å²) >= 11 is 0. The van der Waals surface area contributed by atoms with Gasteiger partial charge in [0.2, 0.25) is 23.6 Å². The Morgan fingerprint density at radius 3 is 2.47 bits per heavy atom. The maximum Gasteiger partial charge on any atom is 0.422 e. The molecule has 0 aliphatic rings. The number of primary amides is 1. The van der Waals surface area contributed by atoms with Gasteiger partial charge < -0.3 is 15.2 Å². The Bertz CT molecular complexity index is 937. The number of amides is 2. The fourth-order valence-corrected chi connectivity index (χ4v) is 2.42. The Kier molecular flexibility index (Phi) is 7.14. The predicted octanol–water partition coefficient (Wildman–Crippen LogP) is 2.17. The lowest BCUT2D eigenvalue weighted by Gasteiger charge is -2.22. The summed E-state index contributed by atoms with van der Waals surface area (Å²) in [5.74, 6) is -1.52. The van der Waals surface area contributed by atoms with Gasteiger partial charge in [-0.15, -0.1) is 0 Å². The molecular weight excluding hydrogens is 407 g/mol. The van der Waals surface area contributed by atoms with Crippen LogP contribution in [0.15, 0.2) is 18.2 Å². The number of anilines is 1. The van der Waals surface area contributed by atoms with Gasteiger partial charge in [-0.25, -0.2) is 9.97 Å². The van der Waals surface area contributed by atoms with Crippen LogP contribution in [0.3, 0.4) is 0 Å². The minimum absolute atomic E-state index is 0.0358. The summed E-state index contributed by atoms with van der Waals surface area (Å²) in [5.41, 5.74) is 6.00. The van der Waals surface area contributed by atoms with E-state index in [1.54, 1.807) is 13.8 Å². The van der Waals surface area contributed by atoms with Gasteiger partial charge in [-0.1, -0.05) is 6.92 Å². The van der Waals surface area contributed by atoms with Crippen LogP contribution in [0.2, 0.25) is 0 Å². The van der Waals surface area contributed by atoms with Gasteiger partial charge in [0.25, 0.3) is 5.91 Å². The summed E-state index contributed by atoms with van der Waals surface area (Å²) in [7, 11) is 1.28. The highest BCUT2D eigenvalue weighted by Gasteiger charge is 2.29. The number of aromatic nitrogens is 3. The number of carbonyl (C=O) groups excluding carboxylic acids is 2. The summed E-state index contributed by atoms with van der Waals surface area (Å²) in [6, 6.07) is 4.03. The highest BCUT2D eigenvalue weighted by atomic mass is 19.4. The molecule has 2 heterocycles. The molecule has 2 aromatic rings. The van der Waals surface area contributed by atoms with Gasteiger partial charge in [0.15, 0.2) is 6.61 Å². The minimum Gasteiger partial charge on any atom is -0.481 e. The van der Waals surface area contributed by atoms with Crippen molar-refractivity contribution in [1.82, 2.24) is 15.0 Å². The second-order valence-electron chi connectivity index (χ2n) is 6.11. The first kappa shape index (κ1) is 22.8. The molecule has 0 atom stereocenters. The summed E-state index contributed by atoms with van der Waals surface area (Å²) < 4.78 is 46.8. The molecule has 0 bridgehead atoms. The van der Waals surface area contributed by atoms with Gasteiger partial charge in [0, 0.05) is 23.7 Å². The highest BCUT2D eigenvalue weighted by molar-refractivity contribution is 5.94. The van der Waals surface area contributed by atoms with Gasteiger partial charge in [-0.3, -0.25) is 14.5 Å². The van der Waals surface area contributed by atoms with E-state index in [2.05, 4.69) is 19.7 Å². The molecule has 0 aliphatic carbocycles. The number of methoxy groups -OCH3 is 1. The SMILES string of the molecule is CCC(=O)N(Cc1ccc(OCC(F)(F)F)nc1OC)c1nc(C)cc(C(N)=O)n1. The third kappa shape index (κ3) is 6.03. The third-order valence-corrected chi connectivity index (χ3v) is 3.76. The van der Waals surface area contributed by atoms with Gasteiger partial charge >= 0.3 is 6.18 Å². The fraction of sp³-hybridized carbons (Fsp3) is 0.389. The molecule has 2 amide bonds. The molecule has 9 nitrogen and oxygen atoms in total. The molecule has 0 fully saturated rings. The van der Waals surface area contributed by atoms with E-state index in [0.717, 1.165) is 0 Å². The van der Waals surface area contributed by atoms with Crippen LogP contribution >= 0.6 is 0 Å². The van der Waals surface area contributed by atoms with Crippen molar-refractivity contribution in [2.24, 2.45) is 5.73 Å². The van der Waals surface area contributed by atoms with Crippen LogP contribution in [-0.2, 0) is 11.3 Å². The molecule has 2 rings (SSSR count). The van der Waals surface area contributed by atoms with Crippen LogP contribution in [0.25, 0.3) is 0 Å². The first-order valence-corrected chi connectivity index (χ1v) is 8.73. The maximum atomic E-state index is 12.5. The number of hydrogen-bond acceptors (Lipinski definition) is 7. The van der Waals surface area contributed by atoms with E-state index >= 15 is 0 Å². The van der Waals surface area contributed by atoms with Crippen molar-refractivity contribution in [3.05, 3.63) is 35.2 Å². The zero-order chi connectivity index (χ0) is 22.5. The van der Waals surface area contributed by atoms with Crippen LogP contribution in [0, 0.1) is 6.92 Å². The third-order valence-electron chi connectivity index (χ3n) is 3.76. The monoisotopic (exact) mass is 427 g/mol. The number of halogens is 3. The van der Waals surface area contributed by atoms with Crippen molar-refractivity contribution in [2.75, 3.05) is 18.6 Å². The van der Waals surface area contributed by atoms with Gasteiger partial charge in [-0.2, -0.15) is 18.2 Å². The number of nitrogens with zero attached hydrogens (tertiary/aromatic N) is 4. The number of hydrogen-bond donors (Lipinski definition) is 1. The predicted molar refractivity (Wildman–Crippen MR) is 99.1 cm³/mol. The largest absolute Gasteiger partial charge is 0.481 e. The van der Waals surface area contributed by atoms with Gasteiger partial charge in [-0.05, 0) is 19.1 Å². The van der Waals surface area contributed by atoms with Crippen LogP contribution < -0.4 is 20.1 Å². The molecule has 162 valence electrons. The molecule has 2 aromatic heterocycles. The molecule has 0 saturated heterocycles. The Balaban J connectivity index is 2.37. The smallest absolute Gasteiger partial charge is 0.422 e.